The van der Waals surface area contributed by atoms with E-state index in [-0.39, 0.29) is 10.6 Å². The van der Waals surface area contributed by atoms with Gasteiger partial charge in [0, 0.05) is 0 Å². The zero-order chi connectivity index (χ0) is 13.8. The second-order valence-corrected chi connectivity index (χ2v) is 5.46. The molecule has 18 heavy (non-hydrogen) atoms. The van der Waals surface area contributed by atoms with Crippen LogP contribution in [0.2, 0.25) is 0 Å². The SMILES string of the molecule is CCC[C@@H](N)C(=O)Nc1ccccc1S(N)(=O)=O. The zero-order valence-electron chi connectivity index (χ0n) is 10.1. The van der Waals surface area contributed by atoms with E-state index in [9.17, 15) is 13.2 Å². The molecule has 0 saturated heterocycles. The molecule has 0 unspecified atom stereocenters. The van der Waals surface area contributed by atoms with Crippen LogP contribution in [-0.2, 0) is 14.8 Å². The number of amides is 1. The Morgan fingerprint density at radius 2 is 2.00 bits per heavy atom. The third-order valence-electron chi connectivity index (χ3n) is 2.39. The summed E-state index contributed by atoms with van der Waals surface area (Å²) in [5.41, 5.74) is 5.79. The lowest BCUT2D eigenvalue weighted by Crippen LogP contribution is -2.35. The summed E-state index contributed by atoms with van der Waals surface area (Å²) in [6.45, 7) is 1.91. The molecule has 0 aliphatic carbocycles. The van der Waals surface area contributed by atoms with E-state index in [1.165, 1.54) is 18.2 Å². The first-order valence-corrected chi connectivity index (χ1v) is 7.09. The Kier molecular flexibility index (Phi) is 4.83. The summed E-state index contributed by atoms with van der Waals surface area (Å²) in [6, 6.07) is 5.27. The van der Waals surface area contributed by atoms with Crippen molar-refractivity contribution in [2.75, 3.05) is 5.32 Å². The fraction of sp³-hybridized carbons (Fsp3) is 0.364. The van der Waals surface area contributed by atoms with Gasteiger partial charge < -0.3 is 11.1 Å². The van der Waals surface area contributed by atoms with Crippen molar-refractivity contribution in [2.24, 2.45) is 10.9 Å². The molecule has 5 N–H and O–H groups in total. The predicted molar refractivity (Wildman–Crippen MR) is 69.3 cm³/mol. The summed E-state index contributed by atoms with van der Waals surface area (Å²) >= 11 is 0. The minimum Gasteiger partial charge on any atom is -0.324 e. The molecule has 0 spiro atoms. The average Bonchev–Trinajstić information content (AvgIpc) is 2.28. The van der Waals surface area contributed by atoms with E-state index in [0.717, 1.165) is 6.42 Å². The number of hydrogen-bond acceptors (Lipinski definition) is 4. The molecule has 0 bridgehead atoms. The molecule has 0 heterocycles. The van der Waals surface area contributed by atoms with Crippen molar-refractivity contribution in [3.8, 4) is 0 Å². The zero-order valence-corrected chi connectivity index (χ0v) is 10.9. The molecule has 0 radical (unpaired) electrons. The van der Waals surface area contributed by atoms with Gasteiger partial charge in [-0.15, -0.1) is 0 Å². The van der Waals surface area contributed by atoms with Crippen molar-refractivity contribution in [2.45, 2.75) is 30.7 Å². The molecule has 0 fully saturated rings. The highest BCUT2D eigenvalue weighted by Crippen LogP contribution is 2.19. The number of anilines is 1. The van der Waals surface area contributed by atoms with E-state index in [4.69, 9.17) is 10.9 Å². The number of benzene rings is 1. The fourth-order valence-electron chi connectivity index (χ4n) is 1.49. The third kappa shape index (κ3) is 3.80. The predicted octanol–water partition coefficient (Wildman–Crippen LogP) is 0.400. The lowest BCUT2D eigenvalue weighted by atomic mass is 10.1. The number of sulfonamides is 1. The summed E-state index contributed by atoms with van der Waals surface area (Å²) in [6.07, 6.45) is 1.30. The van der Waals surface area contributed by atoms with Crippen molar-refractivity contribution in [1.82, 2.24) is 0 Å². The van der Waals surface area contributed by atoms with Gasteiger partial charge in [0.2, 0.25) is 15.9 Å². The highest BCUT2D eigenvalue weighted by atomic mass is 32.2. The molecule has 1 rings (SSSR count). The van der Waals surface area contributed by atoms with Crippen LogP contribution in [0.3, 0.4) is 0 Å². The molecular weight excluding hydrogens is 254 g/mol. The Balaban J connectivity index is 2.95. The number of nitrogens with one attached hydrogen (secondary N) is 1. The summed E-state index contributed by atoms with van der Waals surface area (Å²) in [5.74, 6) is -0.423. The summed E-state index contributed by atoms with van der Waals surface area (Å²) < 4.78 is 22.7. The van der Waals surface area contributed by atoms with Crippen LogP contribution >= 0.6 is 0 Å². The van der Waals surface area contributed by atoms with E-state index in [1.807, 2.05) is 6.92 Å². The molecule has 0 aliphatic heterocycles. The molecule has 6 nitrogen and oxygen atoms in total. The second-order valence-electron chi connectivity index (χ2n) is 3.93. The average molecular weight is 271 g/mol. The van der Waals surface area contributed by atoms with Gasteiger partial charge in [0.05, 0.1) is 11.7 Å². The quantitative estimate of drug-likeness (QED) is 0.718. The Bertz CT molecular complexity index is 528. The number of carbonyl (C=O) groups is 1. The highest BCUT2D eigenvalue weighted by Gasteiger charge is 2.18. The fourth-order valence-corrected chi connectivity index (χ4v) is 2.18. The van der Waals surface area contributed by atoms with Gasteiger partial charge in [-0.2, -0.15) is 0 Å². The van der Waals surface area contributed by atoms with Crippen molar-refractivity contribution in [3.05, 3.63) is 24.3 Å². The second kappa shape index (κ2) is 5.94. The van der Waals surface area contributed by atoms with Crippen LogP contribution in [0.5, 0.6) is 0 Å². The number of nitrogens with two attached hydrogens (primary N) is 2. The van der Waals surface area contributed by atoms with Crippen LogP contribution in [-0.4, -0.2) is 20.4 Å². The molecule has 7 heteroatoms. The number of para-hydroxylation sites is 1. The van der Waals surface area contributed by atoms with E-state index in [1.54, 1.807) is 6.07 Å². The van der Waals surface area contributed by atoms with Crippen molar-refractivity contribution < 1.29 is 13.2 Å². The number of hydrogen-bond donors (Lipinski definition) is 3. The highest BCUT2D eigenvalue weighted by molar-refractivity contribution is 7.89. The van der Waals surface area contributed by atoms with Gasteiger partial charge in [-0.3, -0.25) is 4.79 Å². The van der Waals surface area contributed by atoms with Gasteiger partial charge in [0.25, 0.3) is 0 Å². The summed E-state index contributed by atoms with van der Waals surface area (Å²) in [7, 11) is -3.87. The third-order valence-corrected chi connectivity index (χ3v) is 3.36. The normalized spacial score (nSPS) is 13.1. The molecule has 1 atom stereocenters. The van der Waals surface area contributed by atoms with Crippen LogP contribution in [0.1, 0.15) is 19.8 Å². The van der Waals surface area contributed by atoms with E-state index in [2.05, 4.69) is 5.32 Å². The minimum absolute atomic E-state index is 0.123. The Morgan fingerprint density at radius 1 is 1.39 bits per heavy atom. The molecule has 1 aromatic carbocycles. The molecule has 1 amide bonds. The van der Waals surface area contributed by atoms with Crippen LogP contribution in [0, 0.1) is 0 Å². The van der Waals surface area contributed by atoms with E-state index in [0.29, 0.717) is 6.42 Å². The Labute approximate surface area is 106 Å². The van der Waals surface area contributed by atoms with Crippen LogP contribution in [0.4, 0.5) is 5.69 Å². The minimum atomic E-state index is -3.87. The van der Waals surface area contributed by atoms with Gasteiger partial charge >= 0.3 is 0 Å². The van der Waals surface area contributed by atoms with Crippen molar-refractivity contribution in [3.63, 3.8) is 0 Å². The summed E-state index contributed by atoms with van der Waals surface area (Å²) in [4.78, 5) is 11.6. The monoisotopic (exact) mass is 271 g/mol. The van der Waals surface area contributed by atoms with E-state index < -0.39 is 22.0 Å². The molecule has 100 valence electrons. The first-order valence-electron chi connectivity index (χ1n) is 5.54. The molecule has 1 aromatic rings. The lowest BCUT2D eigenvalue weighted by Gasteiger charge is -2.13. The van der Waals surface area contributed by atoms with E-state index >= 15 is 0 Å². The van der Waals surface area contributed by atoms with Gasteiger partial charge in [0.15, 0.2) is 0 Å². The van der Waals surface area contributed by atoms with Crippen molar-refractivity contribution >= 4 is 21.6 Å². The maximum absolute atomic E-state index is 11.7. The first-order chi connectivity index (χ1) is 8.36. The lowest BCUT2D eigenvalue weighted by molar-refractivity contribution is -0.117. The van der Waals surface area contributed by atoms with Gasteiger partial charge in [-0.1, -0.05) is 25.5 Å². The Morgan fingerprint density at radius 3 is 2.56 bits per heavy atom. The number of carbonyl (C=O) groups excluding carboxylic acids is 1. The molecule has 0 aliphatic rings. The van der Waals surface area contributed by atoms with Crippen LogP contribution in [0.15, 0.2) is 29.2 Å². The van der Waals surface area contributed by atoms with Gasteiger partial charge in [-0.05, 0) is 18.6 Å². The maximum Gasteiger partial charge on any atom is 0.241 e. The van der Waals surface area contributed by atoms with Gasteiger partial charge in [0.1, 0.15) is 4.90 Å². The van der Waals surface area contributed by atoms with Crippen LogP contribution in [0.25, 0.3) is 0 Å². The van der Waals surface area contributed by atoms with Gasteiger partial charge in [-0.25, -0.2) is 13.6 Å². The number of primary sulfonamides is 1. The maximum atomic E-state index is 11.7. The summed E-state index contributed by atoms with van der Waals surface area (Å²) in [5, 5.41) is 7.54. The molecule has 0 aromatic heterocycles. The molecular formula is C11H17N3O3S. The standard InChI is InChI=1S/C11H17N3O3S/c1-2-5-8(12)11(15)14-9-6-3-4-7-10(9)18(13,16)17/h3-4,6-8H,2,5,12H2,1H3,(H,14,15)(H2,13,16,17)/t8-/m1/s1. The van der Waals surface area contributed by atoms with Crippen molar-refractivity contribution in [1.29, 1.82) is 0 Å². The van der Waals surface area contributed by atoms with Crippen LogP contribution < -0.4 is 16.2 Å². The number of rotatable bonds is 5. The smallest absolute Gasteiger partial charge is 0.241 e. The first kappa shape index (κ1) is 14.6. The largest absolute Gasteiger partial charge is 0.324 e. The topological polar surface area (TPSA) is 115 Å². The molecule has 0 saturated carbocycles. The Hall–Kier alpha value is -1.44.